The molecular weight excluding hydrogens is 319 g/mol. The topological polar surface area (TPSA) is 41.1 Å². The fourth-order valence-corrected chi connectivity index (χ4v) is 2.17. The molecule has 114 valence electrons. The number of urea groups is 1. The maximum absolute atomic E-state index is 11.6. The molecule has 0 unspecified atom stereocenters. The molecule has 0 bridgehead atoms. The zero-order valence-electron chi connectivity index (χ0n) is 11.9. The lowest BCUT2D eigenvalue weighted by Crippen LogP contribution is -2.33. The highest BCUT2D eigenvalue weighted by Crippen LogP contribution is 2.11. The van der Waals surface area contributed by atoms with Crippen LogP contribution in [0.3, 0.4) is 0 Å². The van der Waals surface area contributed by atoms with Crippen molar-refractivity contribution in [2.45, 2.75) is 6.42 Å². The molecular formula is C17H16Cl2N2O. The Bertz CT molecular complexity index is 654. The summed E-state index contributed by atoms with van der Waals surface area (Å²) in [6.07, 6.45) is 4.12. The predicted molar refractivity (Wildman–Crippen MR) is 92.2 cm³/mol. The Morgan fingerprint density at radius 3 is 2.55 bits per heavy atom. The first-order valence-corrected chi connectivity index (χ1v) is 7.60. The van der Waals surface area contributed by atoms with Gasteiger partial charge >= 0.3 is 6.03 Å². The molecule has 3 nitrogen and oxygen atoms in total. The number of halogens is 2. The lowest BCUT2D eigenvalue weighted by molar-refractivity contribution is 0.244. The third kappa shape index (κ3) is 5.80. The first-order valence-electron chi connectivity index (χ1n) is 6.84. The Hall–Kier alpha value is -1.97. The van der Waals surface area contributed by atoms with Gasteiger partial charge in [0.2, 0.25) is 0 Å². The largest absolute Gasteiger partial charge is 0.338 e. The van der Waals surface area contributed by atoms with Crippen molar-refractivity contribution in [3.8, 4) is 0 Å². The number of hydrogen-bond donors (Lipinski definition) is 2. The van der Waals surface area contributed by atoms with Gasteiger partial charge in [-0.1, -0.05) is 47.5 Å². The van der Waals surface area contributed by atoms with E-state index in [1.807, 2.05) is 42.5 Å². The maximum atomic E-state index is 11.6. The number of carbonyl (C=O) groups is 1. The van der Waals surface area contributed by atoms with E-state index in [0.717, 1.165) is 17.5 Å². The molecule has 0 aliphatic rings. The van der Waals surface area contributed by atoms with Crippen LogP contribution < -0.4 is 10.6 Å². The fraction of sp³-hybridized carbons (Fsp3) is 0.118. The molecule has 2 amide bonds. The second-order valence-corrected chi connectivity index (χ2v) is 5.54. The van der Waals surface area contributed by atoms with E-state index in [1.165, 1.54) is 0 Å². The SMILES string of the molecule is O=C(N/C=C/c1cccc(Cl)c1)NCCc1ccc(Cl)cc1. The second kappa shape index (κ2) is 8.47. The molecule has 0 fully saturated rings. The van der Waals surface area contributed by atoms with Gasteiger partial charge in [0.1, 0.15) is 0 Å². The normalized spacial score (nSPS) is 10.6. The molecule has 2 aromatic carbocycles. The molecule has 2 rings (SSSR count). The van der Waals surface area contributed by atoms with Gasteiger partial charge in [-0.3, -0.25) is 0 Å². The first-order chi connectivity index (χ1) is 10.6. The van der Waals surface area contributed by atoms with E-state index in [1.54, 1.807) is 18.3 Å². The van der Waals surface area contributed by atoms with Crippen LogP contribution in [-0.2, 0) is 6.42 Å². The van der Waals surface area contributed by atoms with Crippen LogP contribution in [0, 0.1) is 0 Å². The number of benzene rings is 2. The smallest absolute Gasteiger partial charge is 0.318 e. The van der Waals surface area contributed by atoms with Crippen LogP contribution in [0.15, 0.2) is 54.7 Å². The van der Waals surface area contributed by atoms with Crippen LogP contribution in [-0.4, -0.2) is 12.6 Å². The molecule has 2 aromatic rings. The van der Waals surface area contributed by atoms with Gasteiger partial charge in [-0.25, -0.2) is 4.79 Å². The van der Waals surface area contributed by atoms with Crippen LogP contribution >= 0.6 is 23.2 Å². The highest BCUT2D eigenvalue weighted by molar-refractivity contribution is 6.30. The molecule has 0 saturated carbocycles. The van der Waals surface area contributed by atoms with E-state index in [9.17, 15) is 4.79 Å². The van der Waals surface area contributed by atoms with Gasteiger partial charge in [0, 0.05) is 22.8 Å². The molecule has 0 atom stereocenters. The Morgan fingerprint density at radius 2 is 1.82 bits per heavy atom. The summed E-state index contributed by atoms with van der Waals surface area (Å²) in [5, 5.41) is 6.80. The van der Waals surface area contributed by atoms with Crippen molar-refractivity contribution in [3.05, 3.63) is 75.9 Å². The average molecular weight is 335 g/mol. The van der Waals surface area contributed by atoms with Gasteiger partial charge < -0.3 is 10.6 Å². The standard InChI is InChI=1S/C17H16Cl2N2O/c18-15-6-4-13(5-7-15)8-10-20-17(22)21-11-9-14-2-1-3-16(19)12-14/h1-7,9,11-12H,8,10H2,(H2,20,21,22)/b11-9+. The minimum atomic E-state index is -0.243. The summed E-state index contributed by atoms with van der Waals surface area (Å²) in [6, 6.07) is 14.7. The summed E-state index contributed by atoms with van der Waals surface area (Å²) in [6.45, 7) is 0.554. The summed E-state index contributed by atoms with van der Waals surface area (Å²) in [7, 11) is 0. The summed E-state index contributed by atoms with van der Waals surface area (Å²) < 4.78 is 0. The molecule has 5 heteroatoms. The Labute approximate surface area is 139 Å². The van der Waals surface area contributed by atoms with Crippen molar-refractivity contribution in [2.75, 3.05) is 6.54 Å². The van der Waals surface area contributed by atoms with Crippen LogP contribution in [0.1, 0.15) is 11.1 Å². The van der Waals surface area contributed by atoms with Gasteiger partial charge in [0.05, 0.1) is 0 Å². The summed E-state index contributed by atoms with van der Waals surface area (Å²) in [4.78, 5) is 11.6. The first kappa shape index (κ1) is 16.4. The molecule has 0 aromatic heterocycles. The summed E-state index contributed by atoms with van der Waals surface area (Å²) >= 11 is 11.7. The molecule has 0 saturated heterocycles. The minimum Gasteiger partial charge on any atom is -0.338 e. The van der Waals surface area contributed by atoms with Gasteiger partial charge in [-0.2, -0.15) is 0 Å². The molecule has 22 heavy (non-hydrogen) atoms. The third-order valence-corrected chi connectivity index (χ3v) is 3.44. The highest BCUT2D eigenvalue weighted by atomic mass is 35.5. The summed E-state index contributed by atoms with van der Waals surface area (Å²) in [5.41, 5.74) is 2.05. The maximum Gasteiger partial charge on any atom is 0.318 e. The minimum absolute atomic E-state index is 0.243. The Morgan fingerprint density at radius 1 is 1.05 bits per heavy atom. The molecule has 0 aliphatic carbocycles. The number of carbonyl (C=O) groups excluding carboxylic acids is 1. The Kier molecular flexibility index (Phi) is 6.31. The zero-order chi connectivity index (χ0) is 15.8. The lowest BCUT2D eigenvalue weighted by atomic mass is 10.1. The third-order valence-electron chi connectivity index (χ3n) is 2.95. The van der Waals surface area contributed by atoms with E-state index in [-0.39, 0.29) is 6.03 Å². The van der Waals surface area contributed by atoms with E-state index in [4.69, 9.17) is 23.2 Å². The average Bonchev–Trinajstić information content (AvgIpc) is 2.49. The van der Waals surface area contributed by atoms with Crippen molar-refractivity contribution >= 4 is 35.3 Å². The lowest BCUT2D eigenvalue weighted by Gasteiger charge is -2.05. The molecule has 0 spiro atoms. The summed E-state index contributed by atoms with van der Waals surface area (Å²) in [5.74, 6) is 0. The van der Waals surface area contributed by atoms with E-state index in [0.29, 0.717) is 16.6 Å². The Balaban J connectivity index is 1.70. The molecule has 0 heterocycles. The fourth-order valence-electron chi connectivity index (χ4n) is 1.85. The number of nitrogens with one attached hydrogen (secondary N) is 2. The van der Waals surface area contributed by atoms with E-state index in [2.05, 4.69) is 10.6 Å². The van der Waals surface area contributed by atoms with Gasteiger partial charge in [0.15, 0.2) is 0 Å². The number of hydrogen-bond acceptors (Lipinski definition) is 1. The van der Waals surface area contributed by atoms with Crippen molar-refractivity contribution in [1.82, 2.24) is 10.6 Å². The van der Waals surface area contributed by atoms with E-state index >= 15 is 0 Å². The van der Waals surface area contributed by atoms with Gasteiger partial charge in [0.25, 0.3) is 0 Å². The predicted octanol–water partition coefficient (Wildman–Crippen LogP) is 4.51. The zero-order valence-corrected chi connectivity index (χ0v) is 13.4. The molecule has 0 radical (unpaired) electrons. The van der Waals surface area contributed by atoms with E-state index < -0.39 is 0 Å². The molecule has 2 N–H and O–H groups in total. The van der Waals surface area contributed by atoms with Gasteiger partial charge in [-0.15, -0.1) is 0 Å². The highest BCUT2D eigenvalue weighted by Gasteiger charge is 1.98. The molecule has 0 aliphatic heterocycles. The number of amides is 2. The van der Waals surface area contributed by atoms with Crippen molar-refractivity contribution in [2.24, 2.45) is 0 Å². The van der Waals surface area contributed by atoms with Crippen molar-refractivity contribution < 1.29 is 4.79 Å². The van der Waals surface area contributed by atoms with Crippen LogP contribution in [0.2, 0.25) is 10.0 Å². The monoisotopic (exact) mass is 334 g/mol. The van der Waals surface area contributed by atoms with Crippen molar-refractivity contribution in [3.63, 3.8) is 0 Å². The van der Waals surface area contributed by atoms with Crippen LogP contribution in [0.4, 0.5) is 4.79 Å². The van der Waals surface area contributed by atoms with Crippen LogP contribution in [0.5, 0.6) is 0 Å². The van der Waals surface area contributed by atoms with Crippen LogP contribution in [0.25, 0.3) is 6.08 Å². The number of rotatable bonds is 5. The quantitative estimate of drug-likeness (QED) is 0.830. The van der Waals surface area contributed by atoms with Gasteiger partial charge in [-0.05, 0) is 47.9 Å². The van der Waals surface area contributed by atoms with Crippen molar-refractivity contribution in [1.29, 1.82) is 0 Å². The second-order valence-electron chi connectivity index (χ2n) is 4.67.